The van der Waals surface area contributed by atoms with Crippen LogP contribution in [0.15, 0.2) is 6.07 Å². The topological polar surface area (TPSA) is 57.7 Å². The van der Waals surface area contributed by atoms with Crippen LogP contribution < -0.4 is 9.47 Å². The van der Waals surface area contributed by atoms with E-state index in [0.717, 1.165) is 14.2 Å². The van der Waals surface area contributed by atoms with Gasteiger partial charge in [-0.2, -0.15) is 0 Å². The van der Waals surface area contributed by atoms with Crippen LogP contribution in [0.25, 0.3) is 0 Å². The first kappa shape index (κ1) is 16.5. The zero-order valence-corrected chi connectivity index (χ0v) is 12.2. The molecule has 20 heavy (non-hydrogen) atoms. The van der Waals surface area contributed by atoms with Gasteiger partial charge in [0.1, 0.15) is 0 Å². The number of ether oxygens (including phenoxy) is 3. The van der Waals surface area contributed by atoms with E-state index >= 15 is 0 Å². The summed E-state index contributed by atoms with van der Waals surface area (Å²) in [5.41, 5.74) is 0.380. The molecule has 0 aliphatic carbocycles. The highest BCUT2D eigenvalue weighted by molar-refractivity contribution is 9.08. The molecule has 1 heterocycles. The predicted molar refractivity (Wildman–Crippen MR) is 65.8 cm³/mol. The van der Waals surface area contributed by atoms with Crippen LogP contribution in [0.5, 0.6) is 11.6 Å². The molecule has 0 amide bonds. The first-order valence-electron chi connectivity index (χ1n) is 5.26. The summed E-state index contributed by atoms with van der Waals surface area (Å²) in [5, 5.41) is 0.282. The number of hydrogen-bond acceptors (Lipinski definition) is 5. The minimum atomic E-state index is -4.92. The molecular formula is C11H11BrF3NO4. The quantitative estimate of drug-likeness (QED) is 0.598. The van der Waals surface area contributed by atoms with Gasteiger partial charge in [-0.25, -0.2) is 4.98 Å². The Bertz CT molecular complexity index is 493. The highest BCUT2D eigenvalue weighted by Gasteiger charge is 2.34. The summed E-state index contributed by atoms with van der Waals surface area (Å²) in [7, 11) is 2.29. The molecule has 0 radical (unpaired) electrons. The van der Waals surface area contributed by atoms with Crippen molar-refractivity contribution in [1.29, 1.82) is 0 Å². The second-order valence-electron chi connectivity index (χ2n) is 3.55. The lowest BCUT2D eigenvalue weighted by Gasteiger charge is -2.16. The Hall–Kier alpha value is -1.51. The number of rotatable bonds is 5. The largest absolute Gasteiger partial charge is 0.573 e. The van der Waals surface area contributed by atoms with Gasteiger partial charge in [-0.15, -0.1) is 13.2 Å². The summed E-state index contributed by atoms with van der Waals surface area (Å²) < 4.78 is 50.3. The van der Waals surface area contributed by atoms with E-state index in [2.05, 4.69) is 30.4 Å². The molecule has 1 aromatic rings. The lowest BCUT2D eigenvalue weighted by Crippen LogP contribution is -2.20. The van der Waals surface area contributed by atoms with E-state index < -0.39 is 18.1 Å². The molecule has 9 heteroatoms. The lowest BCUT2D eigenvalue weighted by molar-refractivity contribution is -0.275. The van der Waals surface area contributed by atoms with Crippen molar-refractivity contribution in [3.8, 4) is 11.6 Å². The van der Waals surface area contributed by atoms with E-state index in [1.54, 1.807) is 0 Å². The number of nitrogens with zero attached hydrogens (tertiary/aromatic N) is 1. The average molecular weight is 358 g/mol. The van der Waals surface area contributed by atoms with E-state index in [9.17, 15) is 18.0 Å². The maximum absolute atomic E-state index is 12.4. The van der Waals surface area contributed by atoms with Crippen molar-refractivity contribution in [2.24, 2.45) is 0 Å². The van der Waals surface area contributed by atoms with Gasteiger partial charge in [-0.05, 0) is 6.07 Å². The van der Waals surface area contributed by atoms with Crippen LogP contribution in [0.1, 0.15) is 11.3 Å². The van der Waals surface area contributed by atoms with E-state index in [0.29, 0.717) is 5.69 Å². The number of carbonyl (C=O) groups is 1. The fraction of sp³-hybridized carbons (Fsp3) is 0.455. The Balaban J connectivity index is 3.30. The van der Waals surface area contributed by atoms with Crippen LogP contribution in [-0.4, -0.2) is 31.5 Å². The Morgan fingerprint density at radius 3 is 2.50 bits per heavy atom. The Morgan fingerprint density at radius 1 is 1.40 bits per heavy atom. The second-order valence-corrected chi connectivity index (χ2v) is 4.11. The highest BCUT2D eigenvalue weighted by Crippen LogP contribution is 2.35. The zero-order chi connectivity index (χ0) is 15.3. The van der Waals surface area contributed by atoms with Gasteiger partial charge < -0.3 is 14.2 Å². The van der Waals surface area contributed by atoms with Crippen LogP contribution in [-0.2, 0) is 21.3 Å². The minimum absolute atomic E-state index is 0.0181. The average Bonchev–Trinajstić information content (AvgIpc) is 2.38. The van der Waals surface area contributed by atoms with Crippen LogP contribution in [0.2, 0.25) is 0 Å². The fourth-order valence-corrected chi connectivity index (χ4v) is 1.70. The van der Waals surface area contributed by atoms with Crippen LogP contribution in [0.3, 0.4) is 0 Å². The zero-order valence-electron chi connectivity index (χ0n) is 10.6. The maximum Gasteiger partial charge on any atom is 0.573 e. The highest BCUT2D eigenvalue weighted by atomic mass is 79.9. The molecule has 0 bridgehead atoms. The molecule has 0 aromatic carbocycles. The maximum atomic E-state index is 12.4. The van der Waals surface area contributed by atoms with Crippen molar-refractivity contribution in [2.45, 2.75) is 18.1 Å². The second kappa shape index (κ2) is 6.78. The molecule has 0 saturated heterocycles. The molecule has 0 unspecified atom stereocenters. The molecule has 1 aromatic heterocycles. The third kappa shape index (κ3) is 4.55. The number of carbonyl (C=O) groups excluding carboxylic acids is 1. The van der Waals surface area contributed by atoms with Gasteiger partial charge in [0.05, 0.1) is 26.3 Å². The molecule has 0 aliphatic rings. The Kier molecular flexibility index (Phi) is 5.61. The molecule has 0 fully saturated rings. The molecule has 0 saturated carbocycles. The Morgan fingerprint density at radius 2 is 2.05 bits per heavy atom. The monoisotopic (exact) mass is 357 g/mol. The van der Waals surface area contributed by atoms with Crippen molar-refractivity contribution < 1.29 is 32.2 Å². The van der Waals surface area contributed by atoms with Gasteiger partial charge >= 0.3 is 12.3 Å². The molecule has 5 nitrogen and oxygen atoms in total. The number of esters is 1. The Labute approximate surface area is 121 Å². The number of halogens is 4. The van der Waals surface area contributed by atoms with E-state index in [1.807, 2.05) is 0 Å². The summed E-state index contributed by atoms with van der Waals surface area (Å²) in [4.78, 5) is 15.1. The molecule has 0 N–H and O–H groups in total. The van der Waals surface area contributed by atoms with Crippen molar-refractivity contribution >= 4 is 21.9 Å². The van der Waals surface area contributed by atoms with Gasteiger partial charge in [0, 0.05) is 10.9 Å². The molecule has 0 aliphatic heterocycles. The van der Waals surface area contributed by atoms with E-state index in [1.165, 1.54) is 6.07 Å². The first-order valence-corrected chi connectivity index (χ1v) is 6.38. The predicted octanol–water partition coefficient (Wildman–Crippen LogP) is 2.60. The van der Waals surface area contributed by atoms with Crippen LogP contribution in [0.4, 0.5) is 13.2 Å². The summed E-state index contributed by atoms with van der Waals surface area (Å²) in [6, 6.07) is 1.31. The van der Waals surface area contributed by atoms with Crippen molar-refractivity contribution in [3.05, 3.63) is 17.3 Å². The summed E-state index contributed by atoms with van der Waals surface area (Å²) >= 11 is 3.13. The normalized spacial score (nSPS) is 11.1. The molecule has 0 spiro atoms. The van der Waals surface area contributed by atoms with Crippen molar-refractivity contribution in [3.63, 3.8) is 0 Å². The third-order valence-corrected chi connectivity index (χ3v) is 2.76. The fourth-order valence-electron chi connectivity index (χ4n) is 1.41. The summed E-state index contributed by atoms with van der Waals surface area (Å²) in [6.07, 6.45) is -5.31. The number of pyridine rings is 1. The van der Waals surface area contributed by atoms with Gasteiger partial charge in [-0.1, -0.05) is 15.9 Å². The number of aromatic nitrogens is 1. The first-order chi connectivity index (χ1) is 9.30. The van der Waals surface area contributed by atoms with Crippen molar-refractivity contribution in [2.75, 3.05) is 14.2 Å². The van der Waals surface area contributed by atoms with Gasteiger partial charge in [0.25, 0.3) is 5.88 Å². The lowest BCUT2D eigenvalue weighted by atomic mass is 10.1. The smallest absolute Gasteiger partial charge is 0.478 e. The SMILES string of the molecule is COC(=O)Cc1cc(CBr)nc(OC)c1OC(F)(F)F. The molecule has 0 atom stereocenters. The number of methoxy groups -OCH3 is 2. The van der Waals surface area contributed by atoms with E-state index in [4.69, 9.17) is 4.74 Å². The van der Waals surface area contributed by atoms with Crippen molar-refractivity contribution in [1.82, 2.24) is 4.98 Å². The minimum Gasteiger partial charge on any atom is -0.478 e. The van der Waals surface area contributed by atoms with Gasteiger partial charge in [-0.3, -0.25) is 4.79 Å². The summed E-state index contributed by atoms with van der Waals surface area (Å²) in [5.74, 6) is -1.70. The summed E-state index contributed by atoms with van der Waals surface area (Å²) in [6.45, 7) is 0. The molecule has 1 rings (SSSR count). The van der Waals surface area contributed by atoms with Crippen LogP contribution >= 0.6 is 15.9 Å². The number of alkyl halides is 4. The number of hydrogen-bond donors (Lipinski definition) is 0. The molecule has 112 valence electrons. The standard InChI is InChI=1S/C11H11BrF3NO4/c1-18-8(17)4-6-3-7(5-12)16-10(19-2)9(6)20-11(13,14)15/h3H,4-5H2,1-2H3. The van der Waals surface area contributed by atoms with Gasteiger partial charge in [0.2, 0.25) is 0 Å². The third-order valence-electron chi connectivity index (χ3n) is 2.18. The molecular weight excluding hydrogens is 347 g/mol. The van der Waals surface area contributed by atoms with E-state index in [-0.39, 0.29) is 23.2 Å². The van der Waals surface area contributed by atoms with Gasteiger partial charge in [0.15, 0.2) is 5.75 Å². The van der Waals surface area contributed by atoms with Crippen LogP contribution in [0, 0.1) is 0 Å².